The number of aliphatic hydroxyl groups excluding tert-OH is 1. The molecule has 2 fully saturated rings. The highest BCUT2D eigenvalue weighted by Crippen LogP contribution is 2.22. The fourth-order valence-corrected chi connectivity index (χ4v) is 4.41. The van der Waals surface area contributed by atoms with Gasteiger partial charge in [-0.1, -0.05) is 35.5 Å². The number of aromatic nitrogens is 3. The van der Waals surface area contributed by atoms with E-state index in [0.717, 1.165) is 49.9 Å². The third kappa shape index (κ3) is 4.87. The first-order chi connectivity index (χ1) is 16.7. The van der Waals surface area contributed by atoms with Crippen LogP contribution >= 0.6 is 0 Å². The minimum atomic E-state index is -0.118. The number of benzene rings is 1. The zero-order valence-electron chi connectivity index (χ0n) is 19.1. The predicted octanol–water partition coefficient (Wildman–Crippen LogP) is 1.21. The number of carbonyl (C=O) groups excluding carboxylic acids is 1. The van der Waals surface area contributed by atoms with Crippen molar-refractivity contribution in [2.24, 2.45) is 0 Å². The number of hydrogen-bond donors (Lipinski definition) is 1. The SMILES string of the molecule is O=C(c1cc(-c2ccccc2)on1)N1CCN(c2ccc(N3CCN(CCO)CC3)nn2)CC1. The van der Waals surface area contributed by atoms with Crippen molar-refractivity contribution in [3.8, 4) is 11.3 Å². The zero-order valence-corrected chi connectivity index (χ0v) is 19.1. The molecular formula is C24H29N7O3. The summed E-state index contributed by atoms with van der Waals surface area (Å²) in [4.78, 5) is 21.3. The van der Waals surface area contributed by atoms with Crippen molar-refractivity contribution in [2.75, 3.05) is 75.3 Å². The van der Waals surface area contributed by atoms with E-state index in [1.54, 1.807) is 11.0 Å². The van der Waals surface area contributed by atoms with Gasteiger partial charge in [0.1, 0.15) is 0 Å². The molecule has 0 unspecified atom stereocenters. The molecular weight excluding hydrogens is 434 g/mol. The van der Waals surface area contributed by atoms with Crippen molar-refractivity contribution in [3.63, 3.8) is 0 Å². The minimum absolute atomic E-state index is 0.118. The van der Waals surface area contributed by atoms with Gasteiger partial charge in [-0.2, -0.15) is 0 Å². The maximum Gasteiger partial charge on any atom is 0.276 e. The maximum absolute atomic E-state index is 12.9. The molecule has 2 aliphatic rings. The van der Waals surface area contributed by atoms with E-state index in [1.807, 2.05) is 42.5 Å². The average Bonchev–Trinajstić information content (AvgIpc) is 3.40. The molecule has 0 spiro atoms. The Kier molecular flexibility index (Phi) is 6.68. The minimum Gasteiger partial charge on any atom is -0.395 e. The van der Waals surface area contributed by atoms with Crippen LogP contribution < -0.4 is 9.80 Å². The Bertz CT molecular complexity index is 1070. The van der Waals surface area contributed by atoms with E-state index >= 15 is 0 Å². The van der Waals surface area contributed by atoms with E-state index in [0.29, 0.717) is 37.6 Å². The van der Waals surface area contributed by atoms with Gasteiger partial charge in [-0.25, -0.2) is 0 Å². The molecule has 2 aromatic heterocycles. The first-order valence-corrected chi connectivity index (χ1v) is 11.7. The lowest BCUT2D eigenvalue weighted by atomic mass is 10.1. The maximum atomic E-state index is 12.9. The van der Waals surface area contributed by atoms with Crippen LogP contribution in [-0.2, 0) is 0 Å². The Labute approximate surface area is 198 Å². The first-order valence-electron chi connectivity index (χ1n) is 11.7. The molecule has 0 radical (unpaired) electrons. The molecule has 10 nitrogen and oxygen atoms in total. The highest BCUT2D eigenvalue weighted by molar-refractivity contribution is 5.93. The Hall–Kier alpha value is -3.50. The monoisotopic (exact) mass is 463 g/mol. The lowest BCUT2D eigenvalue weighted by Gasteiger charge is -2.36. The van der Waals surface area contributed by atoms with Gasteiger partial charge in [0.05, 0.1) is 6.61 Å². The van der Waals surface area contributed by atoms with Crippen LogP contribution in [0, 0.1) is 0 Å². The number of anilines is 2. The second-order valence-electron chi connectivity index (χ2n) is 8.52. The summed E-state index contributed by atoms with van der Waals surface area (Å²) in [5.74, 6) is 2.17. The van der Waals surface area contributed by atoms with Gasteiger partial charge in [-0.05, 0) is 12.1 Å². The molecule has 34 heavy (non-hydrogen) atoms. The predicted molar refractivity (Wildman–Crippen MR) is 128 cm³/mol. The summed E-state index contributed by atoms with van der Waals surface area (Å²) in [5.41, 5.74) is 1.23. The molecule has 0 aliphatic carbocycles. The van der Waals surface area contributed by atoms with Crippen molar-refractivity contribution in [3.05, 3.63) is 54.2 Å². The quantitative estimate of drug-likeness (QED) is 0.578. The van der Waals surface area contributed by atoms with Gasteiger partial charge in [0.2, 0.25) is 0 Å². The summed E-state index contributed by atoms with van der Waals surface area (Å²) in [6.07, 6.45) is 0. The summed E-state index contributed by atoms with van der Waals surface area (Å²) < 4.78 is 5.39. The molecule has 3 aromatic rings. The van der Waals surface area contributed by atoms with E-state index < -0.39 is 0 Å². The van der Waals surface area contributed by atoms with E-state index in [9.17, 15) is 4.79 Å². The Morgan fingerprint density at radius 2 is 1.47 bits per heavy atom. The molecule has 1 amide bonds. The van der Waals surface area contributed by atoms with Crippen LogP contribution in [0.5, 0.6) is 0 Å². The summed E-state index contributed by atoms with van der Waals surface area (Å²) in [6, 6.07) is 15.4. The summed E-state index contributed by atoms with van der Waals surface area (Å²) >= 11 is 0. The van der Waals surface area contributed by atoms with Crippen molar-refractivity contribution in [1.82, 2.24) is 25.2 Å². The van der Waals surface area contributed by atoms with Gasteiger partial charge in [-0.15, -0.1) is 10.2 Å². The molecule has 2 saturated heterocycles. The van der Waals surface area contributed by atoms with Gasteiger partial charge in [-0.3, -0.25) is 9.69 Å². The standard InChI is InChI=1S/C24H29N7O3/c32-17-16-28-8-10-29(11-9-28)22-6-7-23(26-25-22)30-12-14-31(15-13-30)24(33)20-18-21(34-27-20)19-4-2-1-3-5-19/h1-7,18,32H,8-17H2. The number of amides is 1. The highest BCUT2D eigenvalue weighted by atomic mass is 16.5. The van der Waals surface area contributed by atoms with E-state index in [1.165, 1.54) is 0 Å². The lowest BCUT2D eigenvalue weighted by Crippen LogP contribution is -2.49. The fraction of sp³-hybridized carbons (Fsp3) is 0.417. The number of rotatable bonds is 6. The molecule has 5 rings (SSSR count). The van der Waals surface area contributed by atoms with Crippen LogP contribution in [0.4, 0.5) is 11.6 Å². The largest absolute Gasteiger partial charge is 0.395 e. The summed E-state index contributed by atoms with van der Waals surface area (Å²) in [7, 11) is 0. The second kappa shape index (κ2) is 10.2. The van der Waals surface area contributed by atoms with E-state index in [4.69, 9.17) is 9.63 Å². The number of hydrogen-bond acceptors (Lipinski definition) is 9. The third-order valence-electron chi connectivity index (χ3n) is 6.43. The van der Waals surface area contributed by atoms with Crippen LogP contribution in [0.15, 0.2) is 53.1 Å². The average molecular weight is 464 g/mol. The molecule has 1 aromatic carbocycles. The van der Waals surface area contributed by atoms with Crippen LogP contribution in [0.3, 0.4) is 0 Å². The third-order valence-corrected chi connectivity index (χ3v) is 6.43. The molecule has 0 atom stereocenters. The fourth-order valence-electron chi connectivity index (χ4n) is 4.41. The lowest BCUT2D eigenvalue weighted by molar-refractivity contribution is 0.0736. The normalized spacial score (nSPS) is 17.3. The van der Waals surface area contributed by atoms with Crippen molar-refractivity contribution < 1.29 is 14.4 Å². The second-order valence-corrected chi connectivity index (χ2v) is 8.52. The van der Waals surface area contributed by atoms with Crippen molar-refractivity contribution in [2.45, 2.75) is 0 Å². The van der Waals surface area contributed by atoms with Crippen LogP contribution in [0.2, 0.25) is 0 Å². The van der Waals surface area contributed by atoms with Gasteiger partial charge >= 0.3 is 0 Å². The van der Waals surface area contributed by atoms with E-state index in [-0.39, 0.29) is 12.5 Å². The van der Waals surface area contributed by atoms with Gasteiger partial charge < -0.3 is 24.3 Å². The summed E-state index contributed by atoms with van der Waals surface area (Å²) in [5, 5.41) is 22.0. The molecule has 0 saturated carbocycles. The number of β-amino-alcohol motifs (C(OH)–C–C–N with tert-alkyl or cyclic N) is 1. The molecule has 2 aliphatic heterocycles. The smallest absolute Gasteiger partial charge is 0.276 e. The molecule has 1 N–H and O–H groups in total. The number of nitrogens with zero attached hydrogens (tertiary/aromatic N) is 7. The number of aliphatic hydroxyl groups is 1. The van der Waals surface area contributed by atoms with E-state index in [2.05, 4.69) is 30.1 Å². The topological polar surface area (TPSA) is 102 Å². The van der Waals surface area contributed by atoms with Crippen molar-refractivity contribution >= 4 is 17.5 Å². The molecule has 4 heterocycles. The Balaban J connectivity index is 1.14. The zero-order chi connectivity index (χ0) is 23.3. The van der Waals surface area contributed by atoms with Crippen LogP contribution in [0.25, 0.3) is 11.3 Å². The van der Waals surface area contributed by atoms with Gasteiger partial charge in [0, 0.05) is 70.5 Å². The Morgan fingerprint density at radius 1 is 0.853 bits per heavy atom. The summed E-state index contributed by atoms with van der Waals surface area (Å²) in [6.45, 7) is 7.04. The molecule has 0 bridgehead atoms. The first kappa shape index (κ1) is 22.3. The van der Waals surface area contributed by atoms with Crippen molar-refractivity contribution in [1.29, 1.82) is 0 Å². The molecule has 10 heteroatoms. The van der Waals surface area contributed by atoms with Crippen LogP contribution in [0.1, 0.15) is 10.5 Å². The number of carbonyl (C=O) groups is 1. The van der Waals surface area contributed by atoms with Crippen LogP contribution in [-0.4, -0.2) is 102 Å². The van der Waals surface area contributed by atoms with Gasteiger partial charge in [0.25, 0.3) is 5.91 Å². The molecule has 178 valence electrons. The highest BCUT2D eigenvalue weighted by Gasteiger charge is 2.26. The Morgan fingerprint density at radius 3 is 2.06 bits per heavy atom. The number of piperazine rings is 2. The van der Waals surface area contributed by atoms with Gasteiger partial charge in [0.15, 0.2) is 23.1 Å².